The van der Waals surface area contributed by atoms with E-state index in [1.807, 2.05) is 32.3 Å². The lowest BCUT2D eigenvalue weighted by molar-refractivity contribution is -0.393. The van der Waals surface area contributed by atoms with E-state index >= 15 is 0 Å². The van der Waals surface area contributed by atoms with Crippen molar-refractivity contribution in [3.8, 4) is 6.07 Å². The van der Waals surface area contributed by atoms with Crippen molar-refractivity contribution >= 4 is 52.2 Å². The average molecular weight is 605 g/mol. The molecule has 0 fully saturated rings. The Morgan fingerprint density at radius 1 is 1.00 bits per heavy atom. The first-order valence-corrected chi connectivity index (χ1v) is 13.2. The molecule has 44 heavy (non-hydrogen) atoms. The van der Waals surface area contributed by atoms with E-state index in [4.69, 9.17) is 21.5 Å². The van der Waals surface area contributed by atoms with Gasteiger partial charge in [-0.2, -0.15) is 5.26 Å². The summed E-state index contributed by atoms with van der Waals surface area (Å²) in [6, 6.07) is 16.0. The van der Waals surface area contributed by atoms with E-state index in [0.29, 0.717) is 17.7 Å². The van der Waals surface area contributed by atoms with Gasteiger partial charge in [0.15, 0.2) is 0 Å². The fourth-order valence-electron chi connectivity index (χ4n) is 4.16. The molecule has 0 aliphatic carbocycles. The van der Waals surface area contributed by atoms with Crippen LogP contribution in [0.5, 0.6) is 0 Å². The summed E-state index contributed by atoms with van der Waals surface area (Å²) in [5.74, 6) is -0.368. The third-order valence-electron chi connectivity index (χ3n) is 6.42. The van der Waals surface area contributed by atoms with Crippen molar-refractivity contribution in [2.45, 2.75) is 19.8 Å². The molecular weight excluding hydrogens is 572 g/mol. The number of amides is 2. The number of nitrogen functional groups attached to an aromatic ring is 2. The maximum Gasteiger partial charge on any atom is 0.300 e. The van der Waals surface area contributed by atoms with Gasteiger partial charge in [0.05, 0.1) is 44.0 Å². The van der Waals surface area contributed by atoms with Gasteiger partial charge >= 0.3 is 0 Å². The van der Waals surface area contributed by atoms with Gasteiger partial charge in [-0.05, 0) is 50.1 Å². The second-order valence-electron chi connectivity index (χ2n) is 9.25. The Hall–Kier alpha value is -6.04. The monoisotopic (exact) mass is 604 g/mol. The second kappa shape index (κ2) is 15.8. The van der Waals surface area contributed by atoms with E-state index in [9.17, 15) is 29.8 Å². The standard InChI is InChI=1S/C20H24N4O2.C7H4N4O4.C2H4O/c1-22-18-13-14(9-10-17(18)21)23(2)11-5-6-12-24-19(25)15-7-3-4-8-16(15)20(24)26;8-3-4-1-5(10(12)13)2-6(7(4)9)11(14)15;1-2-3/h3-4,7-10,13,22H,5-6,11-12,21H2,1-2H3;1-2H,9H2;2H,1H3. The van der Waals surface area contributed by atoms with Crippen molar-refractivity contribution < 1.29 is 24.2 Å². The number of aldehydes is 1. The number of anilines is 4. The van der Waals surface area contributed by atoms with Crippen molar-refractivity contribution in [2.24, 2.45) is 0 Å². The Balaban J connectivity index is 0.000000318. The number of unbranched alkanes of at least 4 members (excludes halogenated alkanes) is 1. The van der Waals surface area contributed by atoms with Crippen LogP contribution in [0.1, 0.15) is 46.0 Å². The van der Waals surface area contributed by atoms with Crippen LogP contribution >= 0.6 is 0 Å². The van der Waals surface area contributed by atoms with Crippen molar-refractivity contribution in [1.82, 2.24) is 4.90 Å². The molecule has 0 spiro atoms. The number of nitriles is 1. The van der Waals surface area contributed by atoms with Gasteiger partial charge in [0.1, 0.15) is 18.0 Å². The van der Waals surface area contributed by atoms with Crippen LogP contribution in [-0.2, 0) is 4.79 Å². The highest BCUT2D eigenvalue weighted by molar-refractivity contribution is 6.21. The third-order valence-corrected chi connectivity index (χ3v) is 6.42. The number of carbonyl (C=O) groups is 3. The van der Waals surface area contributed by atoms with Crippen LogP contribution in [-0.4, -0.2) is 60.0 Å². The maximum absolute atomic E-state index is 12.3. The number of carbonyl (C=O) groups excluding carboxylic acids is 3. The van der Waals surface area contributed by atoms with E-state index in [-0.39, 0.29) is 23.1 Å². The maximum atomic E-state index is 12.3. The first-order chi connectivity index (χ1) is 20.9. The molecule has 2 amide bonds. The number of nitro benzene ring substituents is 2. The third kappa shape index (κ3) is 8.26. The number of nitro groups is 2. The summed E-state index contributed by atoms with van der Waals surface area (Å²) in [4.78, 5) is 56.1. The number of hydrogen-bond donors (Lipinski definition) is 3. The lowest BCUT2D eigenvalue weighted by atomic mass is 10.1. The average Bonchev–Trinajstić information content (AvgIpc) is 3.24. The lowest BCUT2D eigenvalue weighted by Crippen LogP contribution is -2.31. The van der Waals surface area contributed by atoms with Crippen LogP contribution < -0.4 is 21.7 Å². The molecule has 0 radical (unpaired) electrons. The highest BCUT2D eigenvalue weighted by atomic mass is 16.6. The van der Waals surface area contributed by atoms with Crippen molar-refractivity contribution in [3.05, 3.63) is 91.5 Å². The summed E-state index contributed by atoms with van der Waals surface area (Å²) >= 11 is 0. The van der Waals surface area contributed by atoms with E-state index < -0.39 is 21.2 Å². The Morgan fingerprint density at radius 3 is 2.09 bits per heavy atom. The molecular formula is C29H32N8O7. The van der Waals surface area contributed by atoms with Gasteiger partial charge in [-0.15, -0.1) is 0 Å². The van der Waals surface area contributed by atoms with Gasteiger partial charge < -0.3 is 26.5 Å². The van der Waals surface area contributed by atoms with Gasteiger partial charge in [0, 0.05) is 38.9 Å². The number of nitrogens with zero attached hydrogens (tertiary/aromatic N) is 5. The zero-order chi connectivity index (χ0) is 33.0. The highest BCUT2D eigenvalue weighted by Crippen LogP contribution is 2.30. The predicted molar refractivity (Wildman–Crippen MR) is 165 cm³/mol. The number of nitrogens with two attached hydrogens (primary N) is 2. The Bertz CT molecular complexity index is 1570. The Morgan fingerprint density at radius 2 is 1.59 bits per heavy atom. The van der Waals surface area contributed by atoms with Gasteiger partial charge in [0.2, 0.25) is 0 Å². The molecule has 0 saturated carbocycles. The number of rotatable bonds is 9. The molecule has 5 N–H and O–H groups in total. The minimum absolute atomic E-state index is 0.184. The molecule has 1 aliphatic heterocycles. The quantitative estimate of drug-likeness (QED) is 0.0785. The summed E-state index contributed by atoms with van der Waals surface area (Å²) < 4.78 is 0. The zero-order valence-electron chi connectivity index (χ0n) is 24.4. The molecule has 0 unspecified atom stereocenters. The molecule has 0 atom stereocenters. The zero-order valence-corrected chi connectivity index (χ0v) is 24.4. The molecule has 15 nitrogen and oxygen atoms in total. The van der Waals surface area contributed by atoms with Gasteiger partial charge in [-0.25, -0.2) is 0 Å². The fourth-order valence-corrected chi connectivity index (χ4v) is 4.16. The van der Waals surface area contributed by atoms with Crippen LogP contribution in [0.15, 0.2) is 54.6 Å². The van der Waals surface area contributed by atoms with E-state index in [0.717, 1.165) is 54.9 Å². The number of hydrogen-bond acceptors (Lipinski definition) is 12. The van der Waals surface area contributed by atoms with Crippen LogP contribution in [0, 0.1) is 31.6 Å². The van der Waals surface area contributed by atoms with Crippen molar-refractivity contribution in [3.63, 3.8) is 0 Å². The Kier molecular flexibility index (Phi) is 12.3. The molecule has 1 aliphatic rings. The van der Waals surface area contributed by atoms with Crippen molar-refractivity contribution in [2.75, 3.05) is 48.9 Å². The molecule has 0 aromatic heterocycles. The molecule has 0 bridgehead atoms. The first-order valence-electron chi connectivity index (χ1n) is 13.2. The van der Waals surface area contributed by atoms with Gasteiger partial charge in [-0.1, -0.05) is 12.1 Å². The highest BCUT2D eigenvalue weighted by Gasteiger charge is 2.34. The number of imide groups is 1. The minimum atomic E-state index is -0.872. The topological polar surface area (TPSA) is 232 Å². The number of fused-ring (bicyclic) bond motifs is 1. The summed E-state index contributed by atoms with van der Waals surface area (Å²) in [5, 5.41) is 32.5. The predicted octanol–water partition coefficient (Wildman–Crippen LogP) is 3.99. The molecule has 1 heterocycles. The van der Waals surface area contributed by atoms with Crippen LogP contribution in [0.2, 0.25) is 0 Å². The van der Waals surface area contributed by atoms with Crippen LogP contribution in [0.25, 0.3) is 0 Å². The molecule has 230 valence electrons. The Labute approximate surface area is 252 Å². The van der Waals surface area contributed by atoms with Crippen molar-refractivity contribution in [1.29, 1.82) is 5.26 Å². The molecule has 4 rings (SSSR count). The summed E-state index contributed by atoms with van der Waals surface area (Å²) in [7, 11) is 3.87. The van der Waals surface area contributed by atoms with E-state index in [1.54, 1.807) is 30.3 Å². The molecule has 0 saturated heterocycles. The fraction of sp³-hybridized carbons (Fsp3) is 0.241. The first kappa shape index (κ1) is 34.2. The normalized spacial score (nSPS) is 11.2. The lowest BCUT2D eigenvalue weighted by Gasteiger charge is -2.21. The SMILES string of the molecule is CC=O.CNc1cc(N(C)CCCCN2C(=O)c3ccccc3C2=O)ccc1N.N#Cc1cc([N+](=O)[O-])cc([N+](=O)[O-])c1N. The summed E-state index contributed by atoms with van der Waals surface area (Å²) in [6.07, 6.45) is 2.40. The van der Waals surface area contributed by atoms with E-state index in [1.165, 1.54) is 11.8 Å². The minimum Gasteiger partial charge on any atom is -0.397 e. The van der Waals surface area contributed by atoms with Crippen LogP contribution in [0.4, 0.5) is 34.1 Å². The summed E-state index contributed by atoms with van der Waals surface area (Å²) in [6.45, 7) is 2.72. The molecule has 15 heteroatoms. The summed E-state index contributed by atoms with van der Waals surface area (Å²) in [5.41, 5.74) is 13.1. The largest absolute Gasteiger partial charge is 0.397 e. The number of non-ortho nitro benzene ring substituents is 1. The molecule has 3 aromatic rings. The second-order valence-corrected chi connectivity index (χ2v) is 9.25. The van der Waals surface area contributed by atoms with Gasteiger partial charge in [-0.3, -0.25) is 34.7 Å². The van der Waals surface area contributed by atoms with Gasteiger partial charge in [0.25, 0.3) is 23.2 Å². The van der Waals surface area contributed by atoms with E-state index in [2.05, 4.69) is 10.2 Å². The smallest absolute Gasteiger partial charge is 0.300 e. The molecule has 3 aromatic carbocycles. The number of benzene rings is 3. The van der Waals surface area contributed by atoms with Crippen LogP contribution in [0.3, 0.4) is 0 Å². The number of nitrogens with one attached hydrogen (secondary N) is 1.